The second kappa shape index (κ2) is 6.18. The first-order chi connectivity index (χ1) is 7.42. The largest absolute Gasteiger partial charge is 0.256 e. The van der Waals surface area contributed by atoms with Crippen molar-refractivity contribution in [3.8, 4) is 0 Å². The first kappa shape index (κ1) is 11.7. The number of hydrogen-bond acceptors (Lipinski definition) is 1. The second-order valence-corrected chi connectivity index (χ2v) is 3.24. The van der Waals surface area contributed by atoms with E-state index in [0.717, 1.165) is 11.9 Å². The van der Waals surface area contributed by atoms with Gasteiger partial charge in [0.25, 0.3) is 0 Å². The molecule has 1 nitrogen and oxygen atoms in total. The Bertz CT molecular complexity index is 402. The van der Waals surface area contributed by atoms with Crippen LogP contribution in [0.2, 0.25) is 0 Å². The molecule has 0 aliphatic rings. The molecule has 0 spiro atoms. The van der Waals surface area contributed by atoms with Crippen molar-refractivity contribution in [2.24, 2.45) is 0 Å². The molecule has 0 fully saturated rings. The van der Waals surface area contributed by atoms with Crippen molar-refractivity contribution in [3.05, 3.63) is 42.1 Å². The first-order valence-corrected chi connectivity index (χ1v) is 5.74. The van der Waals surface area contributed by atoms with Crippen LogP contribution in [0.1, 0.15) is 32.8 Å². The van der Waals surface area contributed by atoms with E-state index in [1.54, 1.807) is 0 Å². The number of hydrogen-bond donors (Lipinski definition) is 0. The van der Waals surface area contributed by atoms with Gasteiger partial charge in [0.15, 0.2) is 0 Å². The number of nitrogens with zero attached hydrogens (tertiary/aromatic N) is 1. The Morgan fingerprint density at radius 1 is 1.07 bits per heavy atom. The molecule has 80 valence electrons. The minimum Gasteiger partial charge on any atom is -0.256 e. The minimum atomic E-state index is 1.11. The molecule has 2 aromatic rings. The van der Waals surface area contributed by atoms with Gasteiger partial charge in [0, 0.05) is 11.6 Å². The average Bonchev–Trinajstić information content (AvgIpc) is 2.33. The molecule has 0 N–H and O–H groups in total. The van der Waals surface area contributed by atoms with Crippen molar-refractivity contribution in [1.29, 1.82) is 0 Å². The van der Waals surface area contributed by atoms with Gasteiger partial charge in [-0.25, -0.2) is 0 Å². The maximum absolute atomic E-state index is 4.32. The van der Waals surface area contributed by atoms with Gasteiger partial charge >= 0.3 is 0 Å². The number of fused-ring (bicyclic) bond motifs is 1. The van der Waals surface area contributed by atoms with Crippen LogP contribution < -0.4 is 0 Å². The fraction of sp³-hybridized carbons (Fsp3) is 0.357. The van der Waals surface area contributed by atoms with Crippen LogP contribution in [0.3, 0.4) is 0 Å². The summed E-state index contributed by atoms with van der Waals surface area (Å²) in [5.41, 5.74) is 2.52. The summed E-state index contributed by atoms with van der Waals surface area (Å²) in [6.07, 6.45) is 4.23. The first-order valence-electron chi connectivity index (χ1n) is 5.74. The van der Waals surface area contributed by atoms with Gasteiger partial charge in [-0.3, -0.25) is 4.98 Å². The third-order valence-electron chi connectivity index (χ3n) is 2.26. The van der Waals surface area contributed by atoms with Gasteiger partial charge in [-0.1, -0.05) is 45.4 Å². The number of pyridine rings is 1. The lowest BCUT2D eigenvalue weighted by Crippen LogP contribution is -1.87. The third kappa shape index (κ3) is 2.79. The summed E-state index contributed by atoms with van der Waals surface area (Å²) in [6.45, 7) is 6.20. The van der Waals surface area contributed by atoms with Gasteiger partial charge in [-0.15, -0.1) is 0 Å². The third-order valence-corrected chi connectivity index (χ3v) is 2.26. The summed E-state index contributed by atoms with van der Waals surface area (Å²) in [6, 6.07) is 10.4. The highest BCUT2D eigenvalue weighted by Gasteiger charge is 1.98. The summed E-state index contributed by atoms with van der Waals surface area (Å²) in [5.74, 6) is 0. The fourth-order valence-corrected chi connectivity index (χ4v) is 1.64. The van der Waals surface area contributed by atoms with Crippen LogP contribution >= 0.6 is 0 Å². The zero-order valence-corrected chi connectivity index (χ0v) is 9.83. The minimum absolute atomic E-state index is 1.11. The summed E-state index contributed by atoms with van der Waals surface area (Å²) in [5, 5.41) is 1.30. The maximum Gasteiger partial charge on any atom is 0.0704 e. The topological polar surface area (TPSA) is 12.9 Å². The molecule has 0 bridgehead atoms. The quantitative estimate of drug-likeness (QED) is 0.709. The van der Waals surface area contributed by atoms with Gasteiger partial charge in [0.05, 0.1) is 5.52 Å². The lowest BCUT2D eigenvalue weighted by Gasteiger charge is -2.03. The Morgan fingerprint density at radius 3 is 2.53 bits per heavy atom. The monoisotopic (exact) mass is 201 g/mol. The van der Waals surface area contributed by atoms with Crippen LogP contribution in [-0.2, 0) is 6.42 Å². The maximum atomic E-state index is 4.32. The molecular weight excluding hydrogens is 182 g/mol. The number of aromatic nitrogens is 1. The van der Waals surface area contributed by atoms with Crippen molar-refractivity contribution < 1.29 is 0 Å². The molecule has 0 saturated carbocycles. The molecule has 0 saturated heterocycles. The molecule has 2 rings (SSSR count). The zero-order valence-electron chi connectivity index (χ0n) is 9.83. The fourth-order valence-electron chi connectivity index (χ4n) is 1.64. The van der Waals surface area contributed by atoms with Crippen molar-refractivity contribution in [3.63, 3.8) is 0 Å². The summed E-state index contributed by atoms with van der Waals surface area (Å²) in [4.78, 5) is 4.32. The highest BCUT2D eigenvalue weighted by atomic mass is 14.6. The Morgan fingerprint density at radius 2 is 1.80 bits per heavy atom. The smallest absolute Gasteiger partial charge is 0.0704 e. The van der Waals surface area contributed by atoms with Crippen LogP contribution in [0, 0.1) is 0 Å². The van der Waals surface area contributed by atoms with Crippen molar-refractivity contribution >= 4 is 10.9 Å². The summed E-state index contributed by atoms with van der Waals surface area (Å²) >= 11 is 0. The van der Waals surface area contributed by atoms with Gasteiger partial charge < -0.3 is 0 Å². The lowest BCUT2D eigenvalue weighted by molar-refractivity contribution is 0.928. The molecule has 0 amide bonds. The number of rotatable bonds is 2. The molecule has 0 aliphatic heterocycles. The Kier molecular flexibility index (Phi) is 4.82. The van der Waals surface area contributed by atoms with E-state index in [-0.39, 0.29) is 0 Å². The molecule has 15 heavy (non-hydrogen) atoms. The average molecular weight is 201 g/mol. The summed E-state index contributed by atoms with van der Waals surface area (Å²) < 4.78 is 0. The normalized spacial score (nSPS) is 9.53. The van der Waals surface area contributed by atoms with Gasteiger partial charge in [-0.05, 0) is 24.1 Å². The second-order valence-electron chi connectivity index (χ2n) is 3.24. The molecule has 0 unspecified atom stereocenters. The summed E-state index contributed by atoms with van der Waals surface area (Å²) in [7, 11) is 0. The molecule has 1 heteroatoms. The van der Waals surface area contributed by atoms with E-state index >= 15 is 0 Å². The highest BCUT2D eigenvalue weighted by molar-refractivity contribution is 5.81. The Balaban J connectivity index is 0.000000531. The Hall–Kier alpha value is -1.37. The van der Waals surface area contributed by atoms with Crippen LogP contribution in [0.15, 0.2) is 36.5 Å². The van der Waals surface area contributed by atoms with Crippen LogP contribution in [0.25, 0.3) is 10.9 Å². The molecule has 1 heterocycles. The lowest BCUT2D eigenvalue weighted by atomic mass is 10.1. The Labute approximate surface area is 92.2 Å². The van der Waals surface area contributed by atoms with E-state index in [0.29, 0.717) is 0 Å². The van der Waals surface area contributed by atoms with Gasteiger partial charge in [-0.2, -0.15) is 0 Å². The standard InChI is InChI=1S/C12H13N.C2H6/c1-2-5-10-8-9-13-12-7-4-3-6-11(10)12;1-2/h3-4,6-9H,2,5H2,1H3;1-2H3. The molecule has 0 atom stereocenters. The zero-order chi connectivity index (χ0) is 11.1. The highest BCUT2D eigenvalue weighted by Crippen LogP contribution is 2.17. The molecular formula is C14H19N. The van der Waals surface area contributed by atoms with Crippen molar-refractivity contribution in [1.82, 2.24) is 4.98 Å². The number of aryl methyl sites for hydroxylation is 1. The predicted octanol–water partition coefficient (Wildman–Crippen LogP) is 4.21. The van der Waals surface area contributed by atoms with Crippen molar-refractivity contribution in [2.45, 2.75) is 33.6 Å². The van der Waals surface area contributed by atoms with E-state index in [1.807, 2.05) is 26.1 Å². The predicted molar refractivity (Wildman–Crippen MR) is 67.1 cm³/mol. The number of para-hydroxylation sites is 1. The van der Waals surface area contributed by atoms with Gasteiger partial charge in [0.1, 0.15) is 0 Å². The molecule has 1 aromatic heterocycles. The SMILES string of the molecule is CC.CCCc1ccnc2ccccc12. The van der Waals surface area contributed by atoms with E-state index in [2.05, 4.69) is 36.2 Å². The van der Waals surface area contributed by atoms with E-state index in [1.165, 1.54) is 17.4 Å². The van der Waals surface area contributed by atoms with Crippen LogP contribution in [0.4, 0.5) is 0 Å². The van der Waals surface area contributed by atoms with E-state index in [4.69, 9.17) is 0 Å². The van der Waals surface area contributed by atoms with Crippen LogP contribution in [0.5, 0.6) is 0 Å². The van der Waals surface area contributed by atoms with E-state index < -0.39 is 0 Å². The molecule has 0 aliphatic carbocycles. The van der Waals surface area contributed by atoms with Crippen LogP contribution in [-0.4, -0.2) is 4.98 Å². The van der Waals surface area contributed by atoms with Crippen molar-refractivity contribution in [2.75, 3.05) is 0 Å². The van der Waals surface area contributed by atoms with E-state index in [9.17, 15) is 0 Å². The molecule has 1 aromatic carbocycles. The molecule has 0 radical (unpaired) electrons. The number of benzene rings is 1. The van der Waals surface area contributed by atoms with Gasteiger partial charge in [0.2, 0.25) is 0 Å².